The van der Waals surface area contributed by atoms with Gasteiger partial charge in [0.15, 0.2) is 5.82 Å². The van der Waals surface area contributed by atoms with Crippen LogP contribution in [-0.2, 0) is 17.9 Å². The highest BCUT2D eigenvalue weighted by molar-refractivity contribution is 5.92. The van der Waals surface area contributed by atoms with Gasteiger partial charge in [0.25, 0.3) is 0 Å². The van der Waals surface area contributed by atoms with E-state index in [-0.39, 0.29) is 5.82 Å². The van der Waals surface area contributed by atoms with Crippen molar-refractivity contribution < 1.29 is 9.23 Å². The van der Waals surface area contributed by atoms with Gasteiger partial charge in [0.1, 0.15) is 24.6 Å². The van der Waals surface area contributed by atoms with Crippen LogP contribution in [0.2, 0.25) is 0 Å². The average molecular weight is 566 g/mol. The van der Waals surface area contributed by atoms with Crippen LogP contribution in [0.3, 0.4) is 0 Å². The topological polar surface area (TPSA) is 87.5 Å². The number of hydroxylamine groups is 1. The fraction of sp³-hybridized carbons (Fsp3) is 0.290. The number of benzene rings is 3. The molecule has 11 heteroatoms. The van der Waals surface area contributed by atoms with Gasteiger partial charge < -0.3 is 15.1 Å². The van der Waals surface area contributed by atoms with Gasteiger partial charge in [0, 0.05) is 43.8 Å². The zero-order valence-corrected chi connectivity index (χ0v) is 23.4. The van der Waals surface area contributed by atoms with Crippen molar-refractivity contribution in [1.82, 2.24) is 29.9 Å². The van der Waals surface area contributed by atoms with Gasteiger partial charge >= 0.3 is 0 Å². The standard InChI is InChI=1S/C31H32FN9O/c1-38-12-14-39(15-13-38)30-19-40(37-36-30)26-8-9-28-27(18-26)31(34-21-33-28)35-25-7-10-29-23(17-25)5-3-11-41(29)42-20-22-4-2-6-24(32)16-22/h2,4,6-10,16-19,21H,3,5,11-15,20H2,1H3,(H,33,34,35). The summed E-state index contributed by atoms with van der Waals surface area (Å²) >= 11 is 0. The molecular formula is C31H32FN9O. The molecule has 1 N–H and O–H groups in total. The van der Waals surface area contributed by atoms with E-state index in [0.29, 0.717) is 6.61 Å². The zero-order chi connectivity index (χ0) is 28.5. The van der Waals surface area contributed by atoms with Gasteiger partial charge in [-0.05, 0) is 79.5 Å². The van der Waals surface area contributed by atoms with Crippen LogP contribution in [0.1, 0.15) is 17.5 Å². The SMILES string of the molecule is CN1CCN(c2cn(-c3ccc4ncnc(Nc5ccc6c(c5)CCCN6OCc5cccc(F)c5)c4c3)nn2)CC1. The lowest BCUT2D eigenvalue weighted by Crippen LogP contribution is -2.44. The fourth-order valence-electron chi connectivity index (χ4n) is 5.54. The maximum absolute atomic E-state index is 13.6. The average Bonchev–Trinajstić information content (AvgIpc) is 3.51. The lowest BCUT2D eigenvalue weighted by atomic mass is 10.0. The van der Waals surface area contributed by atoms with Crippen LogP contribution in [0.4, 0.5) is 27.4 Å². The van der Waals surface area contributed by atoms with E-state index in [2.05, 4.69) is 54.6 Å². The lowest BCUT2D eigenvalue weighted by molar-refractivity contribution is 0.0906. The fourth-order valence-corrected chi connectivity index (χ4v) is 5.54. The molecule has 42 heavy (non-hydrogen) atoms. The molecule has 0 unspecified atom stereocenters. The number of hydrogen-bond donors (Lipinski definition) is 1. The van der Waals surface area contributed by atoms with Gasteiger partial charge in [-0.3, -0.25) is 9.90 Å². The highest BCUT2D eigenvalue weighted by Crippen LogP contribution is 2.32. The van der Waals surface area contributed by atoms with Crippen molar-refractivity contribution in [2.45, 2.75) is 19.4 Å². The predicted molar refractivity (Wildman–Crippen MR) is 161 cm³/mol. The van der Waals surface area contributed by atoms with Crippen molar-refractivity contribution in [3.8, 4) is 5.69 Å². The van der Waals surface area contributed by atoms with Crippen molar-refractivity contribution in [3.63, 3.8) is 0 Å². The van der Waals surface area contributed by atoms with E-state index >= 15 is 0 Å². The summed E-state index contributed by atoms with van der Waals surface area (Å²) in [6, 6.07) is 18.8. The summed E-state index contributed by atoms with van der Waals surface area (Å²) in [6.45, 7) is 5.00. The molecule has 1 saturated heterocycles. The molecule has 0 atom stereocenters. The van der Waals surface area contributed by atoms with Crippen molar-refractivity contribution in [1.29, 1.82) is 0 Å². The molecule has 2 aliphatic rings. The molecule has 5 aromatic rings. The van der Waals surface area contributed by atoms with E-state index in [1.165, 1.54) is 17.7 Å². The highest BCUT2D eigenvalue weighted by atomic mass is 19.1. The van der Waals surface area contributed by atoms with Crippen molar-refractivity contribution in [2.75, 3.05) is 55.1 Å². The minimum absolute atomic E-state index is 0.257. The Morgan fingerprint density at radius 2 is 1.86 bits per heavy atom. The Labute approximate surface area is 243 Å². The normalized spacial score (nSPS) is 15.7. The molecule has 0 aliphatic carbocycles. The first-order chi connectivity index (χ1) is 20.6. The van der Waals surface area contributed by atoms with Gasteiger partial charge in [-0.25, -0.2) is 19.0 Å². The van der Waals surface area contributed by atoms with E-state index in [4.69, 9.17) is 4.84 Å². The van der Waals surface area contributed by atoms with Gasteiger partial charge in [0.2, 0.25) is 0 Å². The Hall–Kier alpha value is -4.61. The van der Waals surface area contributed by atoms with E-state index in [1.807, 2.05) is 41.6 Å². The third-order valence-electron chi connectivity index (χ3n) is 7.89. The van der Waals surface area contributed by atoms with Gasteiger partial charge in [0.05, 0.1) is 23.1 Å². The second-order valence-electron chi connectivity index (χ2n) is 10.8. The number of nitrogens with zero attached hydrogens (tertiary/aromatic N) is 8. The maximum Gasteiger partial charge on any atom is 0.171 e. The number of aryl methyl sites for hydroxylation is 1. The Bertz CT molecular complexity index is 1720. The summed E-state index contributed by atoms with van der Waals surface area (Å²) in [7, 11) is 2.14. The third kappa shape index (κ3) is 5.48. The molecule has 0 amide bonds. The van der Waals surface area contributed by atoms with E-state index < -0.39 is 0 Å². The van der Waals surface area contributed by atoms with Gasteiger partial charge in [-0.2, -0.15) is 0 Å². The molecule has 0 bridgehead atoms. The molecule has 2 aromatic heterocycles. The van der Waals surface area contributed by atoms with Crippen LogP contribution in [-0.4, -0.2) is 69.6 Å². The number of likely N-dealkylation sites (N-methyl/N-ethyl adjacent to an activating group) is 1. The van der Waals surface area contributed by atoms with Crippen LogP contribution in [0.5, 0.6) is 0 Å². The van der Waals surface area contributed by atoms with Crippen LogP contribution in [0, 0.1) is 5.82 Å². The first-order valence-electron chi connectivity index (χ1n) is 14.2. The Balaban J connectivity index is 1.10. The number of halogens is 1. The summed E-state index contributed by atoms with van der Waals surface area (Å²) < 4.78 is 15.4. The summed E-state index contributed by atoms with van der Waals surface area (Å²) in [5, 5.41) is 15.2. The molecule has 214 valence electrons. The van der Waals surface area contributed by atoms with Gasteiger partial charge in [-0.15, -0.1) is 5.10 Å². The molecule has 10 nitrogen and oxygen atoms in total. The summed E-state index contributed by atoms with van der Waals surface area (Å²) in [5.74, 6) is 1.34. The molecule has 0 spiro atoms. The number of fused-ring (bicyclic) bond motifs is 2. The van der Waals surface area contributed by atoms with E-state index in [1.54, 1.807) is 17.1 Å². The quantitative estimate of drug-likeness (QED) is 0.301. The predicted octanol–water partition coefficient (Wildman–Crippen LogP) is 4.73. The number of hydrogen-bond acceptors (Lipinski definition) is 9. The smallest absolute Gasteiger partial charge is 0.171 e. The second-order valence-corrected chi connectivity index (χ2v) is 10.8. The van der Waals surface area contributed by atoms with E-state index in [9.17, 15) is 4.39 Å². The van der Waals surface area contributed by atoms with Crippen LogP contribution < -0.4 is 15.3 Å². The number of nitrogens with one attached hydrogen (secondary N) is 1. The molecule has 4 heterocycles. The first kappa shape index (κ1) is 26.3. The Kier molecular flexibility index (Phi) is 7.10. The molecule has 0 radical (unpaired) electrons. The van der Waals surface area contributed by atoms with Gasteiger partial charge in [-0.1, -0.05) is 17.3 Å². The van der Waals surface area contributed by atoms with Crippen molar-refractivity contribution in [3.05, 3.63) is 90.1 Å². The van der Waals surface area contributed by atoms with Crippen LogP contribution >= 0.6 is 0 Å². The van der Waals surface area contributed by atoms with Crippen LogP contribution in [0.15, 0.2) is 73.2 Å². The number of anilines is 4. The first-order valence-corrected chi connectivity index (χ1v) is 14.2. The largest absolute Gasteiger partial charge is 0.351 e. The molecule has 3 aromatic carbocycles. The Morgan fingerprint density at radius 1 is 0.952 bits per heavy atom. The molecule has 2 aliphatic heterocycles. The third-order valence-corrected chi connectivity index (χ3v) is 7.89. The number of rotatable bonds is 7. The monoisotopic (exact) mass is 565 g/mol. The van der Waals surface area contributed by atoms with E-state index in [0.717, 1.165) is 90.7 Å². The van der Waals surface area contributed by atoms with Crippen molar-refractivity contribution in [2.24, 2.45) is 0 Å². The Morgan fingerprint density at radius 3 is 2.74 bits per heavy atom. The minimum Gasteiger partial charge on any atom is -0.351 e. The minimum atomic E-state index is -0.257. The zero-order valence-electron chi connectivity index (χ0n) is 23.4. The number of piperazine rings is 1. The lowest BCUT2D eigenvalue weighted by Gasteiger charge is -2.31. The maximum atomic E-state index is 13.6. The summed E-state index contributed by atoms with van der Waals surface area (Å²) in [4.78, 5) is 19.7. The number of aromatic nitrogens is 5. The molecular weight excluding hydrogens is 533 g/mol. The summed E-state index contributed by atoms with van der Waals surface area (Å²) in [5.41, 5.74) is 5.68. The van der Waals surface area contributed by atoms with Crippen molar-refractivity contribution >= 4 is 33.9 Å². The highest BCUT2D eigenvalue weighted by Gasteiger charge is 2.20. The molecule has 7 rings (SSSR count). The van der Waals surface area contributed by atoms with Crippen LogP contribution in [0.25, 0.3) is 16.6 Å². The molecule has 1 fully saturated rings. The summed E-state index contributed by atoms with van der Waals surface area (Å²) in [6.07, 6.45) is 5.47. The second kappa shape index (κ2) is 11.3. The molecule has 0 saturated carbocycles.